The van der Waals surface area contributed by atoms with Gasteiger partial charge in [-0.1, -0.05) is 18.2 Å². The summed E-state index contributed by atoms with van der Waals surface area (Å²) in [7, 11) is 0. The first kappa shape index (κ1) is 17.6. The summed E-state index contributed by atoms with van der Waals surface area (Å²) < 4.78 is 0. The van der Waals surface area contributed by atoms with Gasteiger partial charge >= 0.3 is 0 Å². The molecule has 1 N–H and O–H groups in total. The predicted octanol–water partition coefficient (Wildman–Crippen LogP) is 2.54. The Bertz CT molecular complexity index is 388. The third-order valence-corrected chi connectivity index (χ3v) is 4.04. The number of nitrogens with zero attached hydrogens (tertiary/aromatic N) is 2. The van der Waals surface area contributed by atoms with Crippen molar-refractivity contribution in [1.29, 1.82) is 0 Å². The smallest absolute Gasteiger partial charge is 0.0412 e. The summed E-state index contributed by atoms with van der Waals surface area (Å²) >= 11 is 0. The zero-order valence-corrected chi connectivity index (χ0v) is 13.5. The van der Waals surface area contributed by atoms with Crippen molar-refractivity contribution in [2.45, 2.75) is 19.4 Å². The zero-order chi connectivity index (χ0) is 12.2. The van der Waals surface area contributed by atoms with Crippen molar-refractivity contribution >= 4 is 30.5 Å². The number of hydrogen-bond acceptors (Lipinski definition) is 3. The molecule has 0 unspecified atom stereocenters. The van der Waals surface area contributed by atoms with Gasteiger partial charge in [0, 0.05) is 38.4 Å². The van der Waals surface area contributed by atoms with E-state index in [0.29, 0.717) is 0 Å². The molecule has 2 fully saturated rings. The van der Waals surface area contributed by atoms with Crippen molar-refractivity contribution in [2.24, 2.45) is 0 Å². The fraction of sp³-hybridized carbons (Fsp3) is 0.600. The molecule has 3 nitrogen and oxygen atoms in total. The minimum atomic E-state index is 0. The minimum absolute atomic E-state index is 0. The topological polar surface area (TPSA) is 18.5 Å². The van der Waals surface area contributed by atoms with Crippen molar-refractivity contribution in [1.82, 2.24) is 10.2 Å². The third-order valence-electron chi connectivity index (χ3n) is 4.04. The molecule has 2 aliphatic heterocycles. The largest absolute Gasteiger partial charge is 0.369 e. The standard InChI is InChI=1S/C15H23N3.2ClH/c1-2-6-15(18-11-7-16-8-12-18)14(5-1)13-17-9-3-4-10-17;;/h1-2,5-6,16H,3-4,7-13H2;2*1H. The number of rotatable bonds is 3. The highest BCUT2D eigenvalue weighted by Crippen LogP contribution is 2.23. The van der Waals surface area contributed by atoms with E-state index in [9.17, 15) is 0 Å². The summed E-state index contributed by atoms with van der Waals surface area (Å²) in [6, 6.07) is 8.94. The quantitative estimate of drug-likeness (QED) is 0.924. The van der Waals surface area contributed by atoms with E-state index >= 15 is 0 Å². The van der Waals surface area contributed by atoms with Crippen LogP contribution in [0.4, 0.5) is 5.69 Å². The lowest BCUT2D eigenvalue weighted by Crippen LogP contribution is -2.44. The van der Waals surface area contributed by atoms with Gasteiger partial charge in [0.15, 0.2) is 0 Å². The van der Waals surface area contributed by atoms with Gasteiger partial charge in [0.1, 0.15) is 0 Å². The maximum absolute atomic E-state index is 3.42. The molecule has 2 aliphatic rings. The number of likely N-dealkylation sites (tertiary alicyclic amines) is 1. The number of nitrogens with one attached hydrogen (secondary N) is 1. The van der Waals surface area contributed by atoms with Gasteiger partial charge in [-0.25, -0.2) is 0 Å². The lowest BCUT2D eigenvalue weighted by Gasteiger charge is -2.32. The van der Waals surface area contributed by atoms with Crippen LogP contribution in [0.1, 0.15) is 18.4 Å². The van der Waals surface area contributed by atoms with E-state index in [1.54, 1.807) is 0 Å². The summed E-state index contributed by atoms with van der Waals surface area (Å²) in [5.41, 5.74) is 2.95. The van der Waals surface area contributed by atoms with E-state index in [1.165, 1.54) is 37.2 Å². The van der Waals surface area contributed by atoms with Crippen LogP contribution < -0.4 is 10.2 Å². The van der Waals surface area contributed by atoms with E-state index < -0.39 is 0 Å². The van der Waals surface area contributed by atoms with E-state index in [-0.39, 0.29) is 24.8 Å². The summed E-state index contributed by atoms with van der Waals surface area (Å²) in [6.45, 7) is 8.16. The average molecular weight is 318 g/mol. The molecule has 5 heteroatoms. The molecule has 0 radical (unpaired) electrons. The van der Waals surface area contributed by atoms with Crippen molar-refractivity contribution in [3.05, 3.63) is 29.8 Å². The molecule has 0 spiro atoms. The van der Waals surface area contributed by atoms with Crippen molar-refractivity contribution in [3.63, 3.8) is 0 Å². The first-order valence-electron chi connectivity index (χ1n) is 7.19. The van der Waals surface area contributed by atoms with Crippen LogP contribution in [0.2, 0.25) is 0 Å². The summed E-state index contributed by atoms with van der Waals surface area (Å²) in [6.07, 6.45) is 2.74. The average Bonchev–Trinajstić information content (AvgIpc) is 2.93. The van der Waals surface area contributed by atoms with E-state index in [1.807, 2.05) is 0 Å². The van der Waals surface area contributed by atoms with Crippen LogP contribution in [-0.2, 0) is 6.54 Å². The molecule has 3 rings (SSSR count). The highest BCUT2D eigenvalue weighted by molar-refractivity contribution is 5.85. The maximum Gasteiger partial charge on any atom is 0.0412 e. The molecule has 0 aliphatic carbocycles. The van der Waals surface area contributed by atoms with Gasteiger partial charge in [0.25, 0.3) is 0 Å². The summed E-state index contributed by atoms with van der Waals surface area (Å²) in [4.78, 5) is 5.11. The predicted molar refractivity (Wildman–Crippen MR) is 90.5 cm³/mol. The van der Waals surface area contributed by atoms with Crippen molar-refractivity contribution in [2.75, 3.05) is 44.2 Å². The molecule has 0 atom stereocenters. The Balaban J connectivity index is 0.000001000. The molecule has 0 amide bonds. The first-order valence-corrected chi connectivity index (χ1v) is 7.19. The number of benzene rings is 1. The van der Waals surface area contributed by atoms with Gasteiger partial charge in [-0.2, -0.15) is 0 Å². The highest BCUT2D eigenvalue weighted by atomic mass is 35.5. The molecular weight excluding hydrogens is 293 g/mol. The Morgan fingerprint density at radius 2 is 1.55 bits per heavy atom. The fourth-order valence-electron chi connectivity index (χ4n) is 3.04. The number of anilines is 1. The number of halogens is 2. The Morgan fingerprint density at radius 3 is 2.25 bits per heavy atom. The molecule has 2 heterocycles. The van der Waals surface area contributed by atoms with E-state index in [2.05, 4.69) is 39.4 Å². The molecule has 0 saturated carbocycles. The molecule has 1 aromatic carbocycles. The molecule has 114 valence electrons. The van der Waals surface area contributed by atoms with Gasteiger partial charge in [0.05, 0.1) is 0 Å². The van der Waals surface area contributed by atoms with Gasteiger partial charge in [0.2, 0.25) is 0 Å². The van der Waals surface area contributed by atoms with Crippen LogP contribution in [0.15, 0.2) is 24.3 Å². The zero-order valence-electron chi connectivity index (χ0n) is 11.9. The second-order valence-corrected chi connectivity index (χ2v) is 5.35. The van der Waals surface area contributed by atoms with Crippen LogP contribution >= 0.6 is 24.8 Å². The van der Waals surface area contributed by atoms with Crippen molar-refractivity contribution < 1.29 is 0 Å². The molecule has 1 aromatic rings. The fourth-order valence-corrected chi connectivity index (χ4v) is 3.04. The molecule has 0 bridgehead atoms. The number of hydrogen-bond donors (Lipinski definition) is 1. The lowest BCUT2D eigenvalue weighted by molar-refractivity contribution is 0.331. The Labute approximate surface area is 134 Å². The molecular formula is C15H25Cl2N3. The van der Waals surface area contributed by atoms with Crippen LogP contribution in [0.25, 0.3) is 0 Å². The van der Waals surface area contributed by atoms with Crippen molar-refractivity contribution in [3.8, 4) is 0 Å². The normalized spacial score (nSPS) is 19.3. The van der Waals surface area contributed by atoms with Gasteiger partial charge in [-0.05, 0) is 37.6 Å². The first-order chi connectivity index (χ1) is 8.93. The second-order valence-electron chi connectivity index (χ2n) is 5.35. The highest BCUT2D eigenvalue weighted by Gasteiger charge is 2.17. The van der Waals surface area contributed by atoms with Crippen LogP contribution in [0.5, 0.6) is 0 Å². The lowest BCUT2D eigenvalue weighted by atomic mass is 10.1. The monoisotopic (exact) mass is 317 g/mol. The molecule has 2 saturated heterocycles. The van der Waals surface area contributed by atoms with Gasteiger partial charge in [-0.15, -0.1) is 24.8 Å². The third kappa shape index (κ3) is 4.26. The summed E-state index contributed by atoms with van der Waals surface area (Å²) in [5.74, 6) is 0. The van der Waals surface area contributed by atoms with E-state index in [4.69, 9.17) is 0 Å². The second kappa shape index (κ2) is 8.73. The van der Waals surface area contributed by atoms with Crippen LogP contribution in [0.3, 0.4) is 0 Å². The Morgan fingerprint density at radius 1 is 0.900 bits per heavy atom. The Kier molecular flexibility index (Phi) is 7.67. The van der Waals surface area contributed by atoms with Gasteiger partial charge in [-0.3, -0.25) is 4.90 Å². The van der Waals surface area contributed by atoms with Crippen LogP contribution in [0, 0.1) is 0 Å². The SMILES string of the molecule is Cl.Cl.c1ccc(N2CCNCC2)c(CN2CCCC2)c1. The Hall–Kier alpha value is -0.480. The molecule has 0 aromatic heterocycles. The number of para-hydroxylation sites is 1. The minimum Gasteiger partial charge on any atom is -0.369 e. The summed E-state index contributed by atoms with van der Waals surface area (Å²) in [5, 5.41) is 3.42. The maximum atomic E-state index is 3.42. The number of piperazine rings is 1. The van der Waals surface area contributed by atoms with Crippen LogP contribution in [-0.4, -0.2) is 44.2 Å². The van der Waals surface area contributed by atoms with E-state index in [0.717, 1.165) is 32.7 Å². The molecule has 20 heavy (non-hydrogen) atoms. The van der Waals surface area contributed by atoms with Gasteiger partial charge < -0.3 is 10.2 Å².